The highest BCUT2D eigenvalue weighted by molar-refractivity contribution is 9.10. The molecule has 0 fully saturated rings. The predicted octanol–water partition coefficient (Wildman–Crippen LogP) is 4.24. The van der Waals surface area contributed by atoms with Crippen molar-refractivity contribution in [2.24, 2.45) is 0 Å². The molecule has 2 rings (SSSR count). The van der Waals surface area contributed by atoms with E-state index in [0.717, 1.165) is 15.8 Å². The minimum atomic E-state index is 0.586. The first-order valence-electron chi connectivity index (χ1n) is 5.21. The Morgan fingerprint density at radius 1 is 1.06 bits per heavy atom. The third-order valence-corrected chi connectivity index (χ3v) is 3.95. The number of thiophene rings is 1. The third-order valence-electron chi connectivity index (χ3n) is 2.31. The second-order valence-electron chi connectivity index (χ2n) is 3.62. The summed E-state index contributed by atoms with van der Waals surface area (Å²) in [5.41, 5.74) is 2.33. The molecule has 2 nitrogen and oxygen atoms in total. The van der Waals surface area contributed by atoms with Gasteiger partial charge in [-0.05, 0) is 27.1 Å². The molecule has 0 amide bonds. The van der Waals surface area contributed by atoms with Gasteiger partial charge < -0.3 is 9.47 Å². The van der Waals surface area contributed by atoms with Crippen LogP contribution < -0.4 is 4.74 Å². The van der Waals surface area contributed by atoms with Crippen LogP contribution in [0.25, 0.3) is 0 Å². The molecule has 4 heteroatoms. The zero-order valence-corrected chi connectivity index (χ0v) is 11.9. The lowest BCUT2D eigenvalue weighted by atomic mass is 10.1. The van der Waals surface area contributed by atoms with Crippen LogP contribution in [0.15, 0.2) is 39.5 Å². The highest BCUT2D eigenvalue weighted by Gasteiger charge is 2.02. The van der Waals surface area contributed by atoms with Gasteiger partial charge in [-0.1, -0.05) is 24.3 Å². The normalized spacial score (nSPS) is 10.5. The molecule has 0 spiro atoms. The summed E-state index contributed by atoms with van der Waals surface area (Å²) in [6.07, 6.45) is 0. The van der Waals surface area contributed by atoms with E-state index in [2.05, 4.69) is 40.2 Å². The van der Waals surface area contributed by atoms with Gasteiger partial charge in [-0.25, -0.2) is 0 Å². The molecule has 17 heavy (non-hydrogen) atoms. The number of hydrogen-bond acceptors (Lipinski definition) is 3. The minimum Gasteiger partial charge on any atom is -0.487 e. The molecule has 0 saturated heterocycles. The Labute approximate surface area is 113 Å². The first kappa shape index (κ1) is 12.6. The van der Waals surface area contributed by atoms with Gasteiger partial charge >= 0.3 is 0 Å². The molecule has 1 heterocycles. The zero-order valence-electron chi connectivity index (χ0n) is 9.48. The topological polar surface area (TPSA) is 18.5 Å². The molecule has 0 aliphatic heterocycles. The maximum absolute atomic E-state index is 5.69. The monoisotopic (exact) mass is 312 g/mol. The standard InChI is InChI=1S/C13H13BrO2S/c1-15-6-10-2-4-11(5-3-10)7-16-13-9-17-8-12(13)14/h2-5,8-9H,6-7H2,1H3. The largest absolute Gasteiger partial charge is 0.487 e. The van der Waals surface area contributed by atoms with Gasteiger partial charge in [-0.3, -0.25) is 0 Å². The van der Waals surface area contributed by atoms with E-state index in [-0.39, 0.29) is 0 Å². The van der Waals surface area contributed by atoms with Gasteiger partial charge in [0, 0.05) is 17.9 Å². The summed E-state index contributed by atoms with van der Waals surface area (Å²) in [5, 5.41) is 4.00. The van der Waals surface area contributed by atoms with E-state index < -0.39 is 0 Å². The fraction of sp³-hybridized carbons (Fsp3) is 0.231. The summed E-state index contributed by atoms with van der Waals surface area (Å²) in [6.45, 7) is 1.24. The zero-order chi connectivity index (χ0) is 12.1. The molecular formula is C13H13BrO2S. The maximum Gasteiger partial charge on any atom is 0.144 e. The van der Waals surface area contributed by atoms with E-state index in [1.54, 1.807) is 18.4 Å². The lowest BCUT2D eigenvalue weighted by molar-refractivity contribution is 0.185. The number of ether oxygens (including phenoxy) is 2. The number of methoxy groups -OCH3 is 1. The van der Waals surface area contributed by atoms with Crippen molar-refractivity contribution < 1.29 is 9.47 Å². The van der Waals surface area contributed by atoms with Crippen molar-refractivity contribution in [3.8, 4) is 5.75 Å². The van der Waals surface area contributed by atoms with Gasteiger partial charge in [0.2, 0.25) is 0 Å². The molecule has 0 saturated carbocycles. The molecule has 0 bridgehead atoms. The lowest BCUT2D eigenvalue weighted by Gasteiger charge is -2.06. The Kier molecular flexibility index (Phi) is 4.59. The van der Waals surface area contributed by atoms with E-state index in [1.165, 1.54) is 5.56 Å². The fourth-order valence-electron chi connectivity index (χ4n) is 1.43. The summed E-state index contributed by atoms with van der Waals surface area (Å²) >= 11 is 5.06. The van der Waals surface area contributed by atoms with Gasteiger partial charge in [-0.2, -0.15) is 0 Å². The van der Waals surface area contributed by atoms with Gasteiger partial charge in [-0.15, -0.1) is 11.3 Å². The summed E-state index contributed by atoms with van der Waals surface area (Å²) in [6, 6.07) is 8.25. The van der Waals surface area contributed by atoms with E-state index in [1.807, 2.05) is 10.8 Å². The van der Waals surface area contributed by atoms with Crippen molar-refractivity contribution in [3.63, 3.8) is 0 Å². The van der Waals surface area contributed by atoms with Crippen LogP contribution in [0.3, 0.4) is 0 Å². The van der Waals surface area contributed by atoms with Crippen LogP contribution in [0.1, 0.15) is 11.1 Å². The van der Waals surface area contributed by atoms with Crippen molar-refractivity contribution in [3.05, 3.63) is 50.6 Å². The lowest BCUT2D eigenvalue weighted by Crippen LogP contribution is -1.95. The summed E-state index contributed by atoms with van der Waals surface area (Å²) < 4.78 is 11.8. The molecule has 90 valence electrons. The quantitative estimate of drug-likeness (QED) is 0.822. The average Bonchev–Trinajstić information content (AvgIpc) is 2.75. The molecule has 1 aromatic carbocycles. The van der Waals surface area contributed by atoms with Crippen LogP contribution in [0, 0.1) is 0 Å². The van der Waals surface area contributed by atoms with Crippen LogP contribution in [0.4, 0.5) is 0 Å². The smallest absolute Gasteiger partial charge is 0.144 e. The van der Waals surface area contributed by atoms with Crippen LogP contribution in [-0.2, 0) is 18.0 Å². The average molecular weight is 313 g/mol. The van der Waals surface area contributed by atoms with Crippen molar-refractivity contribution >= 4 is 27.3 Å². The number of benzene rings is 1. The number of rotatable bonds is 5. The maximum atomic E-state index is 5.69. The van der Waals surface area contributed by atoms with E-state index in [4.69, 9.17) is 9.47 Å². The Balaban J connectivity index is 1.93. The van der Waals surface area contributed by atoms with Crippen LogP contribution in [0.2, 0.25) is 0 Å². The van der Waals surface area contributed by atoms with Crippen molar-refractivity contribution in [1.29, 1.82) is 0 Å². The van der Waals surface area contributed by atoms with E-state index in [0.29, 0.717) is 13.2 Å². The van der Waals surface area contributed by atoms with Gasteiger partial charge in [0.15, 0.2) is 0 Å². The van der Waals surface area contributed by atoms with Gasteiger partial charge in [0.25, 0.3) is 0 Å². The first-order valence-corrected chi connectivity index (χ1v) is 6.94. The van der Waals surface area contributed by atoms with E-state index >= 15 is 0 Å². The van der Waals surface area contributed by atoms with Crippen molar-refractivity contribution in [2.45, 2.75) is 13.2 Å². The second-order valence-corrected chi connectivity index (χ2v) is 5.22. The molecule has 0 radical (unpaired) electrons. The highest BCUT2D eigenvalue weighted by atomic mass is 79.9. The van der Waals surface area contributed by atoms with Crippen molar-refractivity contribution in [1.82, 2.24) is 0 Å². The first-order chi connectivity index (χ1) is 8.29. The summed E-state index contributed by atoms with van der Waals surface area (Å²) in [7, 11) is 1.70. The summed E-state index contributed by atoms with van der Waals surface area (Å²) in [5.74, 6) is 0.899. The van der Waals surface area contributed by atoms with E-state index in [9.17, 15) is 0 Å². The van der Waals surface area contributed by atoms with Gasteiger partial charge in [0.1, 0.15) is 12.4 Å². The van der Waals surface area contributed by atoms with Crippen LogP contribution in [0.5, 0.6) is 5.75 Å². The number of halogens is 1. The Morgan fingerprint density at radius 3 is 2.24 bits per heavy atom. The molecule has 0 aliphatic carbocycles. The highest BCUT2D eigenvalue weighted by Crippen LogP contribution is 2.29. The van der Waals surface area contributed by atoms with Crippen molar-refractivity contribution in [2.75, 3.05) is 7.11 Å². The third kappa shape index (κ3) is 3.56. The molecule has 0 N–H and O–H groups in total. The Bertz CT molecular complexity index is 465. The van der Waals surface area contributed by atoms with Gasteiger partial charge in [0.05, 0.1) is 11.1 Å². The SMILES string of the molecule is COCc1ccc(COc2cscc2Br)cc1. The molecule has 0 atom stereocenters. The summed E-state index contributed by atoms with van der Waals surface area (Å²) in [4.78, 5) is 0. The number of hydrogen-bond donors (Lipinski definition) is 0. The Hall–Kier alpha value is -0.840. The molecule has 0 aliphatic rings. The predicted molar refractivity (Wildman–Crippen MR) is 73.5 cm³/mol. The second kappa shape index (κ2) is 6.19. The Morgan fingerprint density at radius 2 is 1.71 bits per heavy atom. The van der Waals surface area contributed by atoms with Crippen LogP contribution >= 0.6 is 27.3 Å². The molecule has 0 unspecified atom stereocenters. The molecule has 1 aromatic heterocycles. The minimum absolute atomic E-state index is 0.586. The van der Waals surface area contributed by atoms with Crippen LogP contribution in [-0.4, -0.2) is 7.11 Å². The molecular weight excluding hydrogens is 300 g/mol. The molecule has 2 aromatic rings. The fourth-order valence-corrected chi connectivity index (χ4v) is 2.76.